The summed E-state index contributed by atoms with van der Waals surface area (Å²) in [6.45, 7) is 7.65. The van der Waals surface area contributed by atoms with Crippen molar-refractivity contribution in [2.45, 2.75) is 19.8 Å². The van der Waals surface area contributed by atoms with Crippen molar-refractivity contribution in [3.05, 3.63) is 11.9 Å². The highest BCUT2D eigenvalue weighted by molar-refractivity contribution is 5.44. The first-order valence-corrected chi connectivity index (χ1v) is 6.95. The molecule has 0 radical (unpaired) electrons. The van der Waals surface area contributed by atoms with E-state index < -0.39 is 0 Å². The second-order valence-corrected chi connectivity index (χ2v) is 4.73. The normalized spacial score (nSPS) is 16.5. The Hall–Kier alpha value is -1.40. The maximum Gasteiger partial charge on any atom is 0.133 e. The van der Waals surface area contributed by atoms with E-state index in [1.165, 1.54) is 0 Å². The Labute approximate surface area is 114 Å². The van der Waals surface area contributed by atoms with Gasteiger partial charge in [0.15, 0.2) is 0 Å². The summed E-state index contributed by atoms with van der Waals surface area (Å²) in [5.74, 6) is 2.17. The SMILES string of the molecule is CCCc1nc(N)cc(NCCN2CCOCC2)n1. The van der Waals surface area contributed by atoms with Crippen molar-refractivity contribution in [3.8, 4) is 0 Å². The molecule has 0 aliphatic carbocycles. The van der Waals surface area contributed by atoms with Gasteiger partial charge in [-0.15, -0.1) is 0 Å². The standard InChI is InChI=1S/C13H23N5O/c1-2-3-12-16-11(14)10-13(17-12)15-4-5-18-6-8-19-9-7-18/h10H,2-9H2,1H3,(H3,14,15,16,17). The first-order valence-electron chi connectivity index (χ1n) is 6.95. The van der Waals surface area contributed by atoms with E-state index in [0.29, 0.717) is 5.82 Å². The molecule has 6 nitrogen and oxygen atoms in total. The molecular formula is C13H23N5O. The van der Waals surface area contributed by atoms with E-state index in [9.17, 15) is 0 Å². The first kappa shape index (κ1) is 14.0. The molecule has 3 N–H and O–H groups in total. The largest absolute Gasteiger partial charge is 0.384 e. The van der Waals surface area contributed by atoms with Gasteiger partial charge < -0.3 is 15.8 Å². The number of anilines is 2. The average Bonchev–Trinajstić information content (AvgIpc) is 2.40. The minimum atomic E-state index is 0.535. The van der Waals surface area contributed by atoms with Gasteiger partial charge in [0, 0.05) is 38.7 Å². The summed E-state index contributed by atoms with van der Waals surface area (Å²) >= 11 is 0. The van der Waals surface area contributed by atoms with Crippen LogP contribution < -0.4 is 11.1 Å². The molecular weight excluding hydrogens is 242 g/mol. The lowest BCUT2D eigenvalue weighted by molar-refractivity contribution is 0.0398. The van der Waals surface area contributed by atoms with Gasteiger partial charge in [-0.1, -0.05) is 6.92 Å². The molecule has 0 amide bonds. The van der Waals surface area contributed by atoms with Gasteiger partial charge in [0.25, 0.3) is 0 Å². The van der Waals surface area contributed by atoms with E-state index in [1.54, 1.807) is 6.07 Å². The zero-order valence-electron chi connectivity index (χ0n) is 11.6. The summed E-state index contributed by atoms with van der Waals surface area (Å²) in [7, 11) is 0. The molecule has 0 aromatic carbocycles. The molecule has 0 atom stereocenters. The summed E-state index contributed by atoms with van der Waals surface area (Å²) in [6.07, 6.45) is 1.89. The molecule has 1 aliphatic rings. The predicted molar refractivity (Wildman–Crippen MR) is 76.2 cm³/mol. The molecule has 106 valence electrons. The minimum Gasteiger partial charge on any atom is -0.384 e. The summed E-state index contributed by atoms with van der Waals surface area (Å²) in [4.78, 5) is 11.1. The predicted octanol–water partition coefficient (Wildman–Crippen LogP) is 0.755. The Bertz CT molecular complexity index is 393. The lowest BCUT2D eigenvalue weighted by Crippen LogP contribution is -2.39. The third kappa shape index (κ3) is 4.65. The van der Waals surface area contributed by atoms with E-state index in [1.807, 2.05) is 0 Å². The van der Waals surface area contributed by atoms with Crippen molar-refractivity contribution in [1.82, 2.24) is 14.9 Å². The van der Waals surface area contributed by atoms with Crippen LogP contribution in [0.4, 0.5) is 11.6 Å². The molecule has 1 fully saturated rings. The smallest absolute Gasteiger partial charge is 0.133 e. The molecule has 0 spiro atoms. The van der Waals surface area contributed by atoms with Crippen LogP contribution in [-0.2, 0) is 11.2 Å². The molecule has 0 bridgehead atoms. The van der Waals surface area contributed by atoms with Crippen LogP contribution in [0.25, 0.3) is 0 Å². The fourth-order valence-electron chi connectivity index (χ4n) is 2.11. The van der Waals surface area contributed by atoms with Crippen LogP contribution in [0.1, 0.15) is 19.2 Å². The zero-order chi connectivity index (χ0) is 13.5. The number of morpholine rings is 1. The second-order valence-electron chi connectivity index (χ2n) is 4.73. The monoisotopic (exact) mass is 265 g/mol. The number of nitrogens with two attached hydrogens (primary N) is 1. The summed E-state index contributed by atoms with van der Waals surface area (Å²) in [5.41, 5.74) is 5.79. The molecule has 2 rings (SSSR count). The number of aromatic nitrogens is 2. The molecule has 0 unspecified atom stereocenters. The Morgan fingerprint density at radius 2 is 2.16 bits per heavy atom. The quantitative estimate of drug-likeness (QED) is 0.790. The van der Waals surface area contributed by atoms with E-state index in [-0.39, 0.29) is 0 Å². The second kappa shape index (κ2) is 7.25. The number of nitrogen functional groups attached to an aromatic ring is 1. The third-order valence-corrected chi connectivity index (χ3v) is 3.10. The van der Waals surface area contributed by atoms with Crippen molar-refractivity contribution < 1.29 is 4.74 Å². The van der Waals surface area contributed by atoms with Gasteiger partial charge in [-0.2, -0.15) is 0 Å². The van der Waals surface area contributed by atoms with Crippen LogP contribution >= 0.6 is 0 Å². The van der Waals surface area contributed by atoms with Crippen molar-refractivity contribution in [2.24, 2.45) is 0 Å². The number of hydrogen-bond donors (Lipinski definition) is 2. The van der Waals surface area contributed by atoms with Gasteiger partial charge >= 0.3 is 0 Å². The Kier molecular flexibility index (Phi) is 5.35. The number of nitrogens with zero attached hydrogens (tertiary/aromatic N) is 3. The molecule has 1 aromatic heterocycles. The maximum absolute atomic E-state index is 5.79. The average molecular weight is 265 g/mol. The van der Waals surface area contributed by atoms with Gasteiger partial charge in [-0.25, -0.2) is 9.97 Å². The van der Waals surface area contributed by atoms with Gasteiger partial charge in [0.2, 0.25) is 0 Å². The Morgan fingerprint density at radius 3 is 2.89 bits per heavy atom. The molecule has 1 saturated heterocycles. The Balaban J connectivity index is 1.81. The summed E-state index contributed by atoms with van der Waals surface area (Å²) in [6, 6.07) is 1.79. The lowest BCUT2D eigenvalue weighted by Gasteiger charge is -2.26. The number of rotatable bonds is 6. The van der Waals surface area contributed by atoms with Gasteiger partial charge in [-0.05, 0) is 6.42 Å². The van der Waals surface area contributed by atoms with Crippen LogP contribution in [0.3, 0.4) is 0 Å². The molecule has 6 heteroatoms. The summed E-state index contributed by atoms with van der Waals surface area (Å²) in [5, 5.41) is 3.32. The zero-order valence-corrected chi connectivity index (χ0v) is 11.6. The molecule has 1 aliphatic heterocycles. The highest BCUT2D eigenvalue weighted by Crippen LogP contribution is 2.09. The highest BCUT2D eigenvalue weighted by Gasteiger charge is 2.09. The maximum atomic E-state index is 5.79. The van der Waals surface area contributed by atoms with Crippen LogP contribution in [0.2, 0.25) is 0 Å². The molecule has 2 heterocycles. The third-order valence-electron chi connectivity index (χ3n) is 3.10. The van der Waals surface area contributed by atoms with E-state index in [4.69, 9.17) is 10.5 Å². The van der Waals surface area contributed by atoms with E-state index >= 15 is 0 Å². The number of ether oxygens (including phenoxy) is 1. The van der Waals surface area contributed by atoms with Gasteiger partial charge in [0.1, 0.15) is 17.5 Å². The Morgan fingerprint density at radius 1 is 1.37 bits per heavy atom. The van der Waals surface area contributed by atoms with E-state index in [2.05, 4.69) is 27.1 Å². The van der Waals surface area contributed by atoms with Gasteiger partial charge in [-0.3, -0.25) is 4.90 Å². The number of aryl methyl sites for hydroxylation is 1. The fraction of sp³-hybridized carbons (Fsp3) is 0.692. The number of hydrogen-bond acceptors (Lipinski definition) is 6. The van der Waals surface area contributed by atoms with Crippen LogP contribution in [0.5, 0.6) is 0 Å². The topological polar surface area (TPSA) is 76.3 Å². The molecule has 1 aromatic rings. The van der Waals surface area contributed by atoms with Crippen LogP contribution in [0.15, 0.2) is 6.07 Å². The summed E-state index contributed by atoms with van der Waals surface area (Å²) < 4.78 is 5.32. The van der Waals surface area contributed by atoms with Gasteiger partial charge in [0.05, 0.1) is 13.2 Å². The van der Waals surface area contributed by atoms with Crippen molar-refractivity contribution in [3.63, 3.8) is 0 Å². The van der Waals surface area contributed by atoms with Crippen molar-refractivity contribution >= 4 is 11.6 Å². The first-order chi connectivity index (χ1) is 9.28. The van der Waals surface area contributed by atoms with Crippen LogP contribution in [-0.4, -0.2) is 54.3 Å². The van der Waals surface area contributed by atoms with Crippen molar-refractivity contribution in [2.75, 3.05) is 50.4 Å². The van der Waals surface area contributed by atoms with Crippen LogP contribution in [0, 0.1) is 0 Å². The van der Waals surface area contributed by atoms with E-state index in [0.717, 1.165) is 63.9 Å². The lowest BCUT2D eigenvalue weighted by atomic mass is 10.3. The fourth-order valence-corrected chi connectivity index (χ4v) is 2.11. The van der Waals surface area contributed by atoms with Crippen molar-refractivity contribution in [1.29, 1.82) is 0 Å². The minimum absolute atomic E-state index is 0.535. The molecule has 19 heavy (non-hydrogen) atoms. The highest BCUT2D eigenvalue weighted by atomic mass is 16.5. The number of nitrogens with one attached hydrogen (secondary N) is 1. The molecule has 0 saturated carbocycles.